The molecule has 3 heterocycles. The predicted molar refractivity (Wildman–Crippen MR) is 87.8 cm³/mol. The molecular weight excluding hydrogens is 276 g/mol. The van der Waals surface area contributed by atoms with Gasteiger partial charge in [0.15, 0.2) is 0 Å². The van der Waals surface area contributed by atoms with Gasteiger partial charge in [0.25, 0.3) is 5.56 Å². The summed E-state index contributed by atoms with van der Waals surface area (Å²) in [5, 5.41) is 0. The Labute approximate surface area is 130 Å². The van der Waals surface area contributed by atoms with Crippen molar-refractivity contribution in [2.45, 2.75) is 39.3 Å². The summed E-state index contributed by atoms with van der Waals surface area (Å²) in [4.78, 5) is 19.3. The maximum atomic E-state index is 12.3. The minimum absolute atomic E-state index is 0.00977. The molecule has 5 heteroatoms. The summed E-state index contributed by atoms with van der Waals surface area (Å²) in [7, 11) is 0. The van der Waals surface area contributed by atoms with Gasteiger partial charge in [-0.25, -0.2) is 4.98 Å². The molecule has 1 aliphatic heterocycles. The first kappa shape index (κ1) is 15.2. The number of fused-ring (bicyclic) bond motifs is 1. The van der Waals surface area contributed by atoms with E-state index < -0.39 is 0 Å². The zero-order valence-corrected chi connectivity index (χ0v) is 13.3. The van der Waals surface area contributed by atoms with E-state index in [0.29, 0.717) is 5.92 Å². The molecular formula is C17H24N4O. The lowest BCUT2D eigenvalue weighted by molar-refractivity contribution is 0.153. The standard InChI is InChI=1S/C17H24N4O/c1-12-5-3-8-21-16(22)9-15(19-17(12)21)11-20-7-4-6-14(10-20)13(2)18/h3,5,8-9,13-14H,4,6-7,10-11,18H2,1-2H3. The van der Waals surface area contributed by atoms with E-state index >= 15 is 0 Å². The Morgan fingerprint density at radius 1 is 1.50 bits per heavy atom. The monoisotopic (exact) mass is 300 g/mol. The van der Waals surface area contributed by atoms with Crippen LogP contribution in [0, 0.1) is 12.8 Å². The minimum Gasteiger partial charge on any atom is -0.328 e. The van der Waals surface area contributed by atoms with Crippen LogP contribution in [0.3, 0.4) is 0 Å². The fourth-order valence-corrected chi connectivity index (χ4v) is 3.28. The van der Waals surface area contributed by atoms with Crippen LogP contribution in [0.5, 0.6) is 0 Å². The lowest BCUT2D eigenvalue weighted by Crippen LogP contribution is -2.42. The van der Waals surface area contributed by atoms with Crippen molar-refractivity contribution in [2.24, 2.45) is 11.7 Å². The van der Waals surface area contributed by atoms with Crippen molar-refractivity contribution < 1.29 is 0 Å². The van der Waals surface area contributed by atoms with Crippen LogP contribution in [0.4, 0.5) is 0 Å². The molecule has 2 aromatic rings. The fraction of sp³-hybridized carbons (Fsp3) is 0.529. The second-order valence-corrected chi connectivity index (χ2v) is 6.47. The molecule has 0 spiro atoms. The van der Waals surface area contributed by atoms with Gasteiger partial charge < -0.3 is 5.73 Å². The number of likely N-dealkylation sites (tertiary alicyclic amines) is 1. The number of nitrogens with zero attached hydrogens (tertiary/aromatic N) is 3. The van der Waals surface area contributed by atoms with Crippen LogP contribution in [-0.2, 0) is 6.54 Å². The van der Waals surface area contributed by atoms with Crippen molar-refractivity contribution >= 4 is 5.65 Å². The first-order valence-corrected chi connectivity index (χ1v) is 8.00. The van der Waals surface area contributed by atoms with Gasteiger partial charge in [0.05, 0.1) is 5.69 Å². The average Bonchev–Trinajstić information content (AvgIpc) is 2.49. The molecule has 1 aliphatic rings. The molecule has 118 valence electrons. The lowest BCUT2D eigenvalue weighted by atomic mass is 9.92. The highest BCUT2D eigenvalue weighted by molar-refractivity contribution is 5.46. The minimum atomic E-state index is -0.00977. The Kier molecular flexibility index (Phi) is 4.27. The fourth-order valence-electron chi connectivity index (χ4n) is 3.28. The Hall–Kier alpha value is -1.72. The molecule has 1 fully saturated rings. The lowest BCUT2D eigenvalue weighted by Gasteiger charge is -2.34. The highest BCUT2D eigenvalue weighted by Crippen LogP contribution is 2.20. The summed E-state index contributed by atoms with van der Waals surface area (Å²) >= 11 is 0. The Balaban J connectivity index is 1.85. The zero-order chi connectivity index (χ0) is 15.7. The molecule has 3 rings (SSSR count). The van der Waals surface area contributed by atoms with Crippen molar-refractivity contribution in [2.75, 3.05) is 13.1 Å². The molecule has 0 bridgehead atoms. The van der Waals surface area contributed by atoms with Crippen LogP contribution < -0.4 is 11.3 Å². The van der Waals surface area contributed by atoms with Crippen LogP contribution >= 0.6 is 0 Å². The number of aryl methyl sites for hydroxylation is 1. The van der Waals surface area contributed by atoms with Crippen molar-refractivity contribution in [3.8, 4) is 0 Å². The van der Waals surface area contributed by atoms with E-state index in [4.69, 9.17) is 5.73 Å². The van der Waals surface area contributed by atoms with E-state index in [1.165, 1.54) is 6.42 Å². The van der Waals surface area contributed by atoms with Gasteiger partial charge in [-0.2, -0.15) is 0 Å². The van der Waals surface area contributed by atoms with Gasteiger partial charge in [-0.15, -0.1) is 0 Å². The number of piperidine rings is 1. The molecule has 0 aliphatic carbocycles. The van der Waals surface area contributed by atoms with Gasteiger partial charge in [0.2, 0.25) is 0 Å². The van der Waals surface area contributed by atoms with E-state index in [0.717, 1.165) is 43.0 Å². The molecule has 0 saturated carbocycles. The van der Waals surface area contributed by atoms with Crippen LogP contribution in [0.15, 0.2) is 29.2 Å². The summed E-state index contributed by atoms with van der Waals surface area (Å²) in [5.74, 6) is 0.539. The number of hydrogen-bond acceptors (Lipinski definition) is 4. The van der Waals surface area contributed by atoms with Gasteiger partial charge in [-0.05, 0) is 50.8 Å². The maximum Gasteiger partial charge on any atom is 0.258 e. The van der Waals surface area contributed by atoms with Crippen LogP contribution in [-0.4, -0.2) is 33.4 Å². The number of pyridine rings is 1. The van der Waals surface area contributed by atoms with Crippen molar-refractivity contribution in [1.82, 2.24) is 14.3 Å². The summed E-state index contributed by atoms with van der Waals surface area (Å²) < 4.78 is 1.61. The van der Waals surface area contributed by atoms with Gasteiger partial charge in [-0.1, -0.05) is 6.07 Å². The molecule has 2 N–H and O–H groups in total. The summed E-state index contributed by atoms with van der Waals surface area (Å²) in [5.41, 5.74) is 8.66. The predicted octanol–water partition coefficient (Wildman–Crippen LogP) is 1.56. The van der Waals surface area contributed by atoms with Gasteiger partial charge >= 0.3 is 0 Å². The third-order valence-corrected chi connectivity index (χ3v) is 4.61. The first-order valence-electron chi connectivity index (χ1n) is 8.00. The normalized spacial score (nSPS) is 21.1. The summed E-state index contributed by atoms with van der Waals surface area (Å²) in [6, 6.07) is 5.74. The second-order valence-electron chi connectivity index (χ2n) is 6.47. The van der Waals surface area contributed by atoms with Crippen molar-refractivity contribution in [1.29, 1.82) is 0 Å². The molecule has 5 nitrogen and oxygen atoms in total. The molecule has 2 atom stereocenters. The molecule has 2 aromatic heterocycles. The third kappa shape index (κ3) is 3.05. The zero-order valence-electron chi connectivity index (χ0n) is 13.3. The number of aromatic nitrogens is 2. The number of nitrogens with two attached hydrogens (primary N) is 1. The third-order valence-electron chi connectivity index (χ3n) is 4.61. The summed E-state index contributed by atoms with van der Waals surface area (Å²) in [6.45, 7) is 6.84. The topological polar surface area (TPSA) is 63.6 Å². The van der Waals surface area contributed by atoms with E-state index in [1.807, 2.05) is 19.1 Å². The molecule has 0 aromatic carbocycles. The Morgan fingerprint density at radius 2 is 2.32 bits per heavy atom. The molecule has 22 heavy (non-hydrogen) atoms. The van der Waals surface area contributed by atoms with E-state index in [1.54, 1.807) is 16.7 Å². The Bertz CT molecular complexity index is 722. The number of rotatable bonds is 3. The summed E-state index contributed by atoms with van der Waals surface area (Å²) in [6.07, 6.45) is 4.13. The highest BCUT2D eigenvalue weighted by Gasteiger charge is 2.23. The molecule has 2 unspecified atom stereocenters. The molecule has 1 saturated heterocycles. The van der Waals surface area contributed by atoms with Crippen LogP contribution in [0.1, 0.15) is 31.0 Å². The van der Waals surface area contributed by atoms with E-state index in [2.05, 4.69) is 16.8 Å². The molecule has 0 radical (unpaired) electrons. The first-order chi connectivity index (χ1) is 10.5. The van der Waals surface area contributed by atoms with Gasteiger partial charge in [-0.3, -0.25) is 14.1 Å². The quantitative estimate of drug-likeness (QED) is 0.934. The average molecular weight is 300 g/mol. The SMILES string of the molecule is Cc1cccn2c(=O)cc(CN3CCCC(C(C)N)C3)nc12. The highest BCUT2D eigenvalue weighted by atomic mass is 16.1. The molecule has 0 amide bonds. The maximum absolute atomic E-state index is 12.3. The van der Waals surface area contributed by atoms with Crippen molar-refractivity contribution in [3.05, 3.63) is 46.0 Å². The van der Waals surface area contributed by atoms with Crippen LogP contribution in [0.2, 0.25) is 0 Å². The largest absolute Gasteiger partial charge is 0.328 e. The number of hydrogen-bond donors (Lipinski definition) is 1. The Morgan fingerprint density at radius 3 is 3.09 bits per heavy atom. The van der Waals surface area contributed by atoms with E-state index in [-0.39, 0.29) is 11.6 Å². The van der Waals surface area contributed by atoms with Crippen molar-refractivity contribution in [3.63, 3.8) is 0 Å². The second kappa shape index (κ2) is 6.18. The van der Waals surface area contributed by atoms with E-state index in [9.17, 15) is 4.79 Å². The smallest absolute Gasteiger partial charge is 0.258 e. The van der Waals surface area contributed by atoms with Gasteiger partial charge in [0.1, 0.15) is 5.65 Å². The van der Waals surface area contributed by atoms with Crippen LogP contribution in [0.25, 0.3) is 5.65 Å². The van der Waals surface area contributed by atoms with Gasteiger partial charge in [0, 0.05) is 31.4 Å².